The summed E-state index contributed by atoms with van der Waals surface area (Å²) in [4.78, 5) is 2.47. The van der Waals surface area contributed by atoms with E-state index in [1.54, 1.807) is 0 Å². The van der Waals surface area contributed by atoms with Gasteiger partial charge >= 0.3 is 0 Å². The molecule has 1 unspecified atom stereocenters. The molecule has 2 aliphatic heterocycles. The quantitative estimate of drug-likeness (QED) is 0.887. The first-order valence-corrected chi connectivity index (χ1v) is 6.97. The number of likely N-dealkylation sites (N-methyl/N-ethyl adjacent to an activating group) is 1. The maximum absolute atomic E-state index is 5.49. The minimum atomic E-state index is 0.0979. The number of benzene rings is 1. The molecule has 1 atom stereocenters. The number of nitrogens with zero attached hydrogens (tertiary/aromatic N) is 1. The molecular weight excluding hydrogens is 240 g/mol. The minimum Gasteiger partial charge on any atom is -0.454 e. The number of anilines is 1. The molecule has 19 heavy (non-hydrogen) atoms. The van der Waals surface area contributed by atoms with Gasteiger partial charge in [0.25, 0.3) is 0 Å². The van der Waals surface area contributed by atoms with E-state index in [1.807, 2.05) is 6.07 Å². The van der Waals surface area contributed by atoms with E-state index in [9.17, 15) is 0 Å². The lowest BCUT2D eigenvalue weighted by Crippen LogP contribution is -2.60. The second-order valence-corrected chi connectivity index (χ2v) is 5.83. The van der Waals surface area contributed by atoms with Gasteiger partial charge < -0.3 is 19.7 Å². The Balaban J connectivity index is 1.92. The van der Waals surface area contributed by atoms with Crippen LogP contribution in [0.15, 0.2) is 18.2 Å². The summed E-state index contributed by atoms with van der Waals surface area (Å²) in [5, 5.41) is 3.45. The molecule has 1 fully saturated rings. The Bertz CT molecular complexity index is 473. The second-order valence-electron chi connectivity index (χ2n) is 5.83. The first-order valence-electron chi connectivity index (χ1n) is 6.97. The fourth-order valence-corrected chi connectivity index (χ4v) is 3.30. The summed E-state index contributed by atoms with van der Waals surface area (Å²) < 4.78 is 10.9. The Labute approximate surface area is 114 Å². The zero-order chi connectivity index (χ0) is 13.5. The molecule has 104 valence electrons. The second kappa shape index (κ2) is 4.60. The Morgan fingerprint density at radius 1 is 1.26 bits per heavy atom. The molecule has 2 aliphatic rings. The maximum atomic E-state index is 5.49. The van der Waals surface area contributed by atoms with Gasteiger partial charge in [0.15, 0.2) is 11.5 Å². The fraction of sp³-hybridized carbons (Fsp3) is 0.600. The van der Waals surface area contributed by atoms with Gasteiger partial charge in [0.1, 0.15) is 0 Å². The van der Waals surface area contributed by atoms with E-state index < -0.39 is 0 Å². The van der Waals surface area contributed by atoms with Gasteiger partial charge in [-0.2, -0.15) is 0 Å². The Hall–Kier alpha value is -1.42. The molecule has 2 heterocycles. The Kier molecular flexibility index (Phi) is 3.05. The minimum absolute atomic E-state index is 0.0979. The van der Waals surface area contributed by atoms with Crippen LogP contribution < -0.4 is 19.7 Å². The van der Waals surface area contributed by atoms with Crippen molar-refractivity contribution in [2.75, 3.05) is 25.3 Å². The third kappa shape index (κ3) is 2.04. The van der Waals surface area contributed by atoms with E-state index in [0.29, 0.717) is 12.8 Å². The number of hydrogen-bond donors (Lipinski definition) is 1. The highest BCUT2D eigenvalue weighted by Gasteiger charge is 2.38. The predicted octanol–water partition coefficient (Wildman–Crippen LogP) is 2.38. The maximum Gasteiger partial charge on any atom is 0.231 e. The van der Waals surface area contributed by atoms with Crippen molar-refractivity contribution in [3.8, 4) is 11.5 Å². The fourth-order valence-electron chi connectivity index (χ4n) is 3.30. The topological polar surface area (TPSA) is 33.7 Å². The standard InChI is InChI=1S/C15H22N2O2/c1-15(2)14(16-3)5-4-8-17(15)11-6-7-12-13(9-11)19-10-18-12/h6-7,9,14,16H,4-5,8,10H2,1-3H3. The highest BCUT2D eigenvalue weighted by atomic mass is 16.7. The van der Waals surface area contributed by atoms with Gasteiger partial charge in [-0.05, 0) is 45.9 Å². The molecule has 0 spiro atoms. The average molecular weight is 262 g/mol. The normalized spacial score (nSPS) is 24.6. The van der Waals surface area contributed by atoms with E-state index in [2.05, 4.69) is 43.2 Å². The molecule has 1 N–H and O–H groups in total. The molecule has 4 nitrogen and oxygen atoms in total. The van der Waals surface area contributed by atoms with Crippen LogP contribution in [-0.4, -0.2) is 32.0 Å². The molecule has 0 radical (unpaired) electrons. The third-order valence-corrected chi connectivity index (χ3v) is 4.44. The van der Waals surface area contributed by atoms with E-state index in [4.69, 9.17) is 9.47 Å². The summed E-state index contributed by atoms with van der Waals surface area (Å²) in [6, 6.07) is 6.75. The summed E-state index contributed by atoms with van der Waals surface area (Å²) in [5.74, 6) is 1.71. The van der Waals surface area contributed by atoms with Gasteiger partial charge in [0.2, 0.25) is 6.79 Å². The largest absolute Gasteiger partial charge is 0.454 e. The van der Waals surface area contributed by atoms with Gasteiger partial charge in [0.05, 0.1) is 0 Å². The van der Waals surface area contributed by atoms with Crippen LogP contribution in [0.5, 0.6) is 11.5 Å². The SMILES string of the molecule is CNC1CCCN(c2ccc3c(c2)OCO3)C1(C)C. The molecule has 1 aromatic carbocycles. The lowest BCUT2D eigenvalue weighted by molar-refractivity contribution is 0.174. The van der Waals surface area contributed by atoms with Crippen LogP contribution in [0.2, 0.25) is 0 Å². The monoisotopic (exact) mass is 262 g/mol. The molecular formula is C15H22N2O2. The summed E-state index contributed by atoms with van der Waals surface area (Å²) in [6.07, 6.45) is 2.44. The molecule has 3 rings (SSSR count). The summed E-state index contributed by atoms with van der Waals surface area (Å²) in [5.41, 5.74) is 1.31. The lowest BCUT2D eigenvalue weighted by atomic mass is 9.84. The molecule has 1 aromatic rings. The number of fused-ring (bicyclic) bond motifs is 1. The van der Waals surface area contributed by atoms with Gasteiger partial charge in [-0.1, -0.05) is 0 Å². The zero-order valence-corrected chi connectivity index (χ0v) is 11.9. The van der Waals surface area contributed by atoms with Crippen molar-refractivity contribution in [2.45, 2.75) is 38.3 Å². The number of piperidine rings is 1. The molecule has 4 heteroatoms. The third-order valence-electron chi connectivity index (χ3n) is 4.44. The number of nitrogens with one attached hydrogen (secondary N) is 1. The van der Waals surface area contributed by atoms with Crippen LogP contribution in [0.3, 0.4) is 0 Å². The molecule has 0 aromatic heterocycles. The van der Waals surface area contributed by atoms with Crippen LogP contribution in [0.4, 0.5) is 5.69 Å². The number of rotatable bonds is 2. The van der Waals surface area contributed by atoms with Crippen molar-refractivity contribution >= 4 is 5.69 Å². The van der Waals surface area contributed by atoms with E-state index >= 15 is 0 Å². The Morgan fingerprint density at radius 3 is 2.84 bits per heavy atom. The van der Waals surface area contributed by atoms with E-state index in [0.717, 1.165) is 18.0 Å². The summed E-state index contributed by atoms with van der Waals surface area (Å²) in [7, 11) is 2.05. The van der Waals surface area contributed by atoms with Crippen LogP contribution in [0.25, 0.3) is 0 Å². The van der Waals surface area contributed by atoms with E-state index in [1.165, 1.54) is 18.5 Å². The molecule has 0 aliphatic carbocycles. The highest BCUT2D eigenvalue weighted by Crippen LogP contribution is 2.39. The molecule has 0 bridgehead atoms. The van der Waals surface area contributed by atoms with Crippen molar-refractivity contribution < 1.29 is 9.47 Å². The first-order chi connectivity index (χ1) is 9.13. The molecule has 0 amide bonds. The van der Waals surface area contributed by atoms with Crippen LogP contribution in [0.1, 0.15) is 26.7 Å². The summed E-state index contributed by atoms with van der Waals surface area (Å²) >= 11 is 0. The van der Waals surface area contributed by atoms with Gasteiger partial charge in [-0.25, -0.2) is 0 Å². The predicted molar refractivity (Wildman–Crippen MR) is 76.1 cm³/mol. The van der Waals surface area contributed by atoms with Crippen molar-refractivity contribution in [3.63, 3.8) is 0 Å². The molecule has 1 saturated heterocycles. The number of ether oxygens (including phenoxy) is 2. The summed E-state index contributed by atoms with van der Waals surface area (Å²) in [6.45, 7) is 6.03. The smallest absolute Gasteiger partial charge is 0.231 e. The van der Waals surface area contributed by atoms with Gasteiger partial charge in [-0.15, -0.1) is 0 Å². The number of hydrogen-bond acceptors (Lipinski definition) is 4. The van der Waals surface area contributed by atoms with Crippen LogP contribution >= 0.6 is 0 Å². The molecule has 0 saturated carbocycles. The van der Waals surface area contributed by atoms with Crippen molar-refractivity contribution in [1.29, 1.82) is 0 Å². The van der Waals surface area contributed by atoms with Crippen molar-refractivity contribution in [3.05, 3.63) is 18.2 Å². The van der Waals surface area contributed by atoms with Gasteiger partial charge in [-0.3, -0.25) is 0 Å². The zero-order valence-electron chi connectivity index (χ0n) is 11.9. The van der Waals surface area contributed by atoms with Crippen molar-refractivity contribution in [1.82, 2.24) is 5.32 Å². The Morgan fingerprint density at radius 2 is 2.05 bits per heavy atom. The highest BCUT2D eigenvalue weighted by molar-refractivity contribution is 5.59. The van der Waals surface area contributed by atoms with Crippen molar-refractivity contribution in [2.24, 2.45) is 0 Å². The lowest BCUT2D eigenvalue weighted by Gasteiger charge is -2.49. The van der Waals surface area contributed by atoms with Gasteiger partial charge in [0, 0.05) is 29.9 Å². The first kappa shape index (κ1) is 12.6. The van der Waals surface area contributed by atoms with Crippen LogP contribution in [0, 0.1) is 0 Å². The average Bonchev–Trinajstić information content (AvgIpc) is 2.85. The van der Waals surface area contributed by atoms with E-state index in [-0.39, 0.29) is 5.54 Å². The van der Waals surface area contributed by atoms with Crippen LogP contribution in [-0.2, 0) is 0 Å².